The summed E-state index contributed by atoms with van der Waals surface area (Å²) in [6.07, 6.45) is -2.55. The van der Waals surface area contributed by atoms with Gasteiger partial charge in [0, 0.05) is 12.8 Å². The van der Waals surface area contributed by atoms with Crippen LogP contribution in [0.15, 0.2) is 24.3 Å². The highest BCUT2D eigenvalue weighted by Gasteiger charge is 2.50. The summed E-state index contributed by atoms with van der Waals surface area (Å²) in [7, 11) is 0. The van der Waals surface area contributed by atoms with Crippen molar-refractivity contribution in [1.82, 2.24) is 5.32 Å². The predicted octanol–water partition coefficient (Wildman–Crippen LogP) is 1.41. The SMILES string of the molecule is CC(=O)C(NC(=O)[C@H]1CC[C@H](CN)CC1)(Oc1ccccc1OCC(=O)O)C(=O)O.O=C(O)C(F)(F)F. The van der Waals surface area contributed by atoms with E-state index in [0.29, 0.717) is 25.3 Å². The molecule has 6 N–H and O–H groups in total. The molecule has 0 saturated heterocycles. The summed E-state index contributed by atoms with van der Waals surface area (Å²) in [5.41, 5.74) is 2.98. The Morgan fingerprint density at radius 3 is 1.89 bits per heavy atom. The smallest absolute Gasteiger partial charge is 0.479 e. The van der Waals surface area contributed by atoms with Crippen LogP contribution in [-0.2, 0) is 24.0 Å². The lowest BCUT2D eigenvalue weighted by Gasteiger charge is -2.32. The molecule has 1 saturated carbocycles. The van der Waals surface area contributed by atoms with Crippen molar-refractivity contribution in [2.24, 2.45) is 17.6 Å². The van der Waals surface area contributed by atoms with Crippen molar-refractivity contribution in [1.29, 1.82) is 0 Å². The zero-order valence-corrected chi connectivity index (χ0v) is 19.6. The molecule has 0 bridgehead atoms. The molecule has 0 aromatic heterocycles. The van der Waals surface area contributed by atoms with Crippen LogP contribution in [0.3, 0.4) is 0 Å². The number of Topliss-reactive ketones (excluding diaryl/α,β-unsaturated/α-hetero) is 1. The number of rotatable bonds is 10. The Hall–Kier alpha value is -3.88. The Bertz CT molecular complexity index is 977. The van der Waals surface area contributed by atoms with Gasteiger partial charge < -0.3 is 35.8 Å². The third-order valence-corrected chi connectivity index (χ3v) is 5.35. The molecule has 12 nitrogen and oxygen atoms in total. The van der Waals surface area contributed by atoms with Gasteiger partial charge in [-0.05, 0) is 50.3 Å². The van der Waals surface area contributed by atoms with Crippen LogP contribution in [0.5, 0.6) is 11.5 Å². The van der Waals surface area contributed by atoms with Gasteiger partial charge in [-0.2, -0.15) is 13.2 Å². The molecule has 1 fully saturated rings. The standard InChI is InChI=1S/C20H26N2O8.C2HF3O2/c1-12(23)20(19(27)28,22-18(26)14-8-6-13(10-21)7-9-14)30-16-5-3-2-4-15(16)29-11-17(24)25;3-2(4,5)1(6)7/h2-5,13-14H,6-11,21H2,1H3,(H,22,26)(H,24,25)(H,27,28);(H,6,7)/t13-,14-,20?;. The summed E-state index contributed by atoms with van der Waals surface area (Å²) < 4.78 is 42.3. The number of benzene rings is 1. The second kappa shape index (κ2) is 13.4. The van der Waals surface area contributed by atoms with E-state index in [4.69, 9.17) is 30.2 Å². The number of ketones is 1. The molecule has 206 valence electrons. The minimum absolute atomic E-state index is 0.0792. The molecule has 37 heavy (non-hydrogen) atoms. The average Bonchev–Trinajstić information content (AvgIpc) is 2.82. The molecule has 0 spiro atoms. The monoisotopic (exact) mass is 536 g/mol. The number of para-hydroxylation sites is 2. The minimum Gasteiger partial charge on any atom is -0.479 e. The summed E-state index contributed by atoms with van der Waals surface area (Å²) in [4.78, 5) is 56.8. The molecule has 1 aliphatic carbocycles. The second-order valence-corrected chi connectivity index (χ2v) is 8.02. The molecule has 0 radical (unpaired) electrons. The van der Waals surface area contributed by atoms with E-state index in [-0.39, 0.29) is 11.5 Å². The molecule has 2 rings (SSSR count). The highest BCUT2D eigenvalue weighted by Crippen LogP contribution is 2.32. The first-order valence-corrected chi connectivity index (χ1v) is 10.8. The molecule has 1 amide bonds. The van der Waals surface area contributed by atoms with Crippen LogP contribution < -0.4 is 20.5 Å². The number of carbonyl (C=O) groups is 5. The van der Waals surface area contributed by atoms with Crippen molar-refractivity contribution in [3.63, 3.8) is 0 Å². The number of carbonyl (C=O) groups excluding carboxylic acids is 2. The first kappa shape index (κ1) is 31.2. The number of nitrogens with one attached hydrogen (secondary N) is 1. The quantitative estimate of drug-likeness (QED) is 0.214. The Balaban J connectivity index is 0.000000856. The largest absolute Gasteiger partial charge is 0.490 e. The van der Waals surface area contributed by atoms with Crippen LogP contribution in [0, 0.1) is 11.8 Å². The van der Waals surface area contributed by atoms with Crippen LogP contribution >= 0.6 is 0 Å². The highest BCUT2D eigenvalue weighted by atomic mass is 19.4. The van der Waals surface area contributed by atoms with E-state index in [2.05, 4.69) is 5.32 Å². The van der Waals surface area contributed by atoms with Crippen LogP contribution in [0.25, 0.3) is 0 Å². The number of nitrogens with two attached hydrogens (primary N) is 1. The van der Waals surface area contributed by atoms with Crippen LogP contribution in [0.4, 0.5) is 13.2 Å². The van der Waals surface area contributed by atoms with E-state index in [1.165, 1.54) is 24.3 Å². The maximum atomic E-state index is 12.8. The normalized spacial score (nSPS) is 18.7. The fourth-order valence-electron chi connectivity index (χ4n) is 3.33. The summed E-state index contributed by atoms with van der Waals surface area (Å²) in [5.74, 6) is -7.68. The predicted molar refractivity (Wildman–Crippen MR) is 118 cm³/mol. The lowest BCUT2D eigenvalue weighted by atomic mass is 9.81. The third kappa shape index (κ3) is 9.25. The molecular formula is C22H27F3N2O10. The Morgan fingerprint density at radius 1 is 0.973 bits per heavy atom. The van der Waals surface area contributed by atoms with Gasteiger partial charge in [0.1, 0.15) is 0 Å². The number of amides is 1. The molecule has 1 aromatic carbocycles. The number of hydrogen-bond donors (Lipinski definition) is 5. The van der Waals surface area contributed by atoms with E-state index in [9.17, 15) is 37.5 Å². The summed E-state index contributed by atoms with van der Waals surface area (Å²) in [5, 5.41) is 28.0. The number of ether oxygens (including phenoxy) is 2. The second-order valence-electron chi connectivity index (χ2n) is 8.02. The lowest BCUT2D eigenvalue weighted by Crippen LogP contribution is -2.64. The van der Waals surface area contributed by atoms with Crippen molar-refractivity contribution < 1.29 is 61.9 Å². The van der Waals surface area contributed by atoms with Crippen LogP contribution in [-0.4, -0.2) is 70.0 Å². The zero-order valence-electron chi connectivity index (χ0n) is 19.6. The van der Waals surface area contributed by atoms with Crippen molar-refractivity contribution in [3.8, 4) is 11.5 Å². The fraction of sp³-hybridized carbons (Fsp3) is 0.500. The van der Waals surface area contributed by atoms with E-state index >= 15 is 0 Å². The summed E-state index contributed by atoms with van der Waals surface area (Å²) in [6, 6.07) is 5.69. The zero-order chi connectivity index (χ0) is 28.4. The van der Waals surface area contributed by atoms with Crippen molar-refractivity contribution in [2.75, 3.05) is 13.2 Å². The molecule has 1 aliphatic rings. The van der Waals surface area contributed by atoms with E-state index < -0.39 is 54.0 Å². The van der Waals surface area contributed by atoms with Gasteiger partial charge >= 0.3 is 29.8 Å². The van der Waals surface area contributed by atoms with Crippen LogP contribution in [0.2, 0.25) is 0 Å². The number of aliphatic carboxylic acids is 3. The summed E-state index contributed by atoms with van der Waals surface area (Å²) in [6.45, 7) is 0.814. The topological polar surface area (TPSA) is 203 Å². The van der Waals surface area contributed by atoms with Crippen molar-refractivity contribution >= 4 is 29.6 Å². The van der Waals surface area contributed by atoms with Gasteiger partial charge in [0.2, 0.25) is 11.7 Å². The Morgan fingerprint density at radius 2 is 1.49 bits per heavy atom. The third-order valence-electron chi connectivity index (χ3n) is 5.35. The van der Waals surface area contributed by atoms with Gasteiger partial charge in [-0.3, -0.25) is 9.59 Å². The van der Waals surface area contributed by atoms with Crippen molar-refractivity contribution in [3.05, 3.63) is 24.3 Å². The van der Waals surface area contributed by atoms with Gasteiger partial charge in [-0.25, -0.2) is 14.4 Å². The molecule has 1 aromatic rings. The van der Waals surface area contributed by atoms with Gasteiger partial charge in [0.25, 0.3) is 0 Å². The number of halogens is 3. The first-order valence-electron chi connectivity index (χ1n) is 10.8. The molecule has 15 heteroatoms. The van der Waals surface area contributed by atoms with E-state index in [0.717, 1.165) is 19.8 Å². The summed E-state index contributed by atoms with van der Waals surface area (Å²) >= 11 is 0. The number of hydrogen-bond acceptors (Lipinski definition) is 8. The van der Waals surface area contributed by atoms with Gasteiger partial charge in [-0.15, -0.1) is 0 Å². The molecule has 1 unspecified atom stereocenters. The van der Waals surface area contributed by atoms with Gasteiger partial charge in [-0.1, -0.05) is 12.1 Å². The number of carboxylic acid groups (broad SMARTS) is 3. The Labute approximate surface area is 208 Å². The maximum Gasteiger partial charge on any atom is 0.490 e. The average molecular weight is 536 g/mol. The molecule has 0 aliphatic heterocycles. The number of carboxylic acids is 3. The minimum atomic E-state index is -5.08. The molecule has 0 heterocycles. The maximum absolute atomic E-state index is 12.8. The van der Waals surface area contributed by atoms with E-state index in [1.54, 1.807) is 0 Å². The fourth-order valence-corrected chi connectivity index (χ4v) is 3.33. The van der Waals surface area contributed by atoms with Crippen molar-refractivity contribution in [2.45, 2.75) is 44.5 Å². The Kier molecular flexibility index (Phi) is 11.3. The lowest BCUT2D eigenvalue weighted by molar-refractivity contribution is -0.192. The highest BCUT2D eigenvalue weighted by molar-refractivity contribution is 6.08. The van der Waals surface area contributed by atoms with Gasteiger partial charge in [0.15, 0.2) is 18.1 Å². The first-order chi connectivity index (χ1) is 17.1. The van der Waals surface area contributed by atoms with Gasteiger partial charge in [0.05, 0.1) is 0 Å². The molecular weight excluding hydrogens is 509 g/mol. The molecule has 1 atom stereocenters. The number of alkyl halides is 3. The van der Waals surface area contributed by atoms with E-state index in [1.807, 2.05) is 0 Å². The van der Waals surface area contributed by atoms with Crippen LogP contribution in [0.1, 0.15) is 32.6 Å².